The van der Waals surface area contributed by atoms with Crippen LogP contribution in [-0.4, -0.2) is 22.6 Å². The lowest BCUT2D eigenvalue weighted by molar-refractivity contribution is -0.384. The minimum absolute atomic E-state index is 0.00567. The molecule has 0 bridgehead atoms. The lowest BCUT2D eigenvalue weighted by atomic mass is 10.1. The second kappa shape index (κ2) is 7.57. The van der Waals surface area contributed by atoms with Crippen molar-refractivity contribution in [2.75, 3.05) is 0 Å². The molecule has 0 aliphatic carbocycles. The van der Waals surface area contributed by atoms with Crippen LogP contribution in [0.4, 0.5) is 5.69 Å². The van der Waals surface area contributed by atoms with E-state index >= 15 is 0 Å². The molecule has 2 aromatic carbocycles. The van der Waals surface area contributed by atoms with E-state index in [4.69, 9.17) is 4.74 Å². The Morgan fingerprint density at radius 1 is 1.24 bits per heavy atom. The van der Waals surface area contributed by atoms with Crippen molar-refractivity contribution in [3.63, 3.8) is 0 Å². The molecule has 0 unspecified atom stereocenters. The van der Waals surface area contributed by atoms with Crippen molar-refractivity contribution in [2.45, 2.75) is 26.4 Å². The maximum Gasteiger partial charge on any atom is 0.283 e. The van der Waals surface area contributed by atoms with Gasteiger partial charge in [0.2, 0.25) is 0 Å². The van der Waals surface area contributed by atoms with Crippen molar-refractivity contribution in [3.05, 3.63) is 69.8 Å². The zero-order valence-corrected chi connectivity index (χ0v) is 14.2. The highest BCUT2D eigenvalue weighted by molar-refractivity contribution is 5.86. The van der Waals surface area contributed by atoms with E-state index < -0.39 is 16.4 Å². The third-order valence-corrected chi connectivity index (χ3v) is 3.39. The summed E-state index contributed by atoms with van der Waals surface area (Å²) in [5, 5.41) is 14.5. The van der Waals surface area contributed by atoms with Crippen LogP contribution < -0.4 is 10.2 Å². The molecule has 2 aromatic rings. The van der Waals surface area contributed by atoms with Crippen LogP contribution in [0, 0.1) is 17.0 Å². The van der Waals surface area contributed by atoms with Crippen LogP contribution in [0.2, 0.25) is 0 Å². The first-order chi connectivity index (χ1) is 11.8. The third-order valence-electron chi connectivity index (χ3n) is 3.39. The van der Waals surface area contributed by atoms with Crippen LogP contribution in [0.1, 0.15) is 25.0 Å². The Morgan fingerprint density at radius 2 is 1.92 bits per heavy atom. The summed E-state index contributed by atoms with van der Waals surface area (Å²) in [6, 6.07) is 13.2. The molecule has 1 N–H and O–H groups in total. The fraction of sp³-hybridized carbons (Fsp3) is 0.222. The number of nitrogens with zero attached hydrogens (tertiary/aromatic N) is 2. The summed E-state index contributed by atoms with van der Waals surface area (Å²) < 4.78 is 5.73. The molecule has 0 spiro atoms. The van der Waals surface area contributed by atoms with Gasteiger partial charge in [0.25, 0.3) is 11.6 Å². The molecule has 130 valence electrons. The summed E-state index contributed by atoms with van der Waals surface area (Å²) in [7, 11) is 0. The van der Waals surface area contributed by atoms with Crippen LogP contribution in [0.15, 0.2) is 53.6 Å². The fourth-order valence-corrected chi connectivity index (χ4v) is 2.00. The van der Waals surface area contributed by atoms with Gasteiger partial charge in [-0.05, 0) is 56.2 Å². The summed E-state index contributed by atoms with van der Waals surface area (Å²) in [4.78, 5) is 22.4. The fourth-order valence-electron chi connectivity index (χ4n) is 2.00. The van der Waals surface area contributed by atoms with E-state index in [2.05, 4.69) is 10.5 Å². The number of nitro groups is 1. The number of benzene rings is 2. The molecule has 0 aliphatic rings. The quantitative estimate of drug-likeness (QED) is 0.496. The highest BCUT2D eigenvalue weighted by Gasteiger charge is 2.29. The molecule has 2 rings (SSSR count). The van der Waals surface area contributed by atoms with Crippen molar-refractivity contribution in [3.8, 4) is 5.75 Å². The summed E-state index contributed by atoms with van der Waals surface area (Å²) in [6.07, 6.45) is 1.41. The van der Waals surface area contributed by atoms with E-state index in [1.165, 1.54) is 18.3 Å². The first-order valence-corrected chi connectivity index (χ1v) is 7.61. The molecule has 0 saturated heterocycles. The molecular weight excluding hydrogens is 322 g/mol. The van der Waals surface area contributed by atoms with Crippen LogP contribution in [0.5, 0.6) is 5.75 Å². The highest BCUT2D eigenvalue weighted by atomic mass is 16.6. The minimum atomic E-state index is -1.11. The van der Waals surface area contributed by atoms with Gasteiger partial charge in [-0.25, -0.2) is 5.43 Å². The number of carbonyl (C=O) groups excluding carboxylic acids is 1. The Hall–Kier alpha value is -3.22. The molecule has 0 saturated carbocycles. The second-order valence-corrected chi connectivity index (χ2v) is 5.98. The maximum absolute atomic E-state index is 12.2. The second-order valence-electron chi connectivity index (χ2n) is 5.98. The number of hydrogen-bond donors (Lipinski definition) is 1. The summed E-state index contributed by atoms with van der Waals surface area (Å²) >= 11 is 0. The molecule has 0 aromatic heterocycles. The Morgan fingerprint density at radius 3 is 2.52 bits per heavy atom. The third kappa shape index (κ3) is 5.13. The van der Waals surface area contributed by atoms with Crippen LogP contribution in [0.25, 0.3) is 0 Å². The number of hydrazone groups is 1. The van der Waals surface area contributed by atoms with E-state index in [0.717, 1.165) is 5.56 Å². The molecule has 1 amide bonds. The van der Waals surface area contributed by atoms with Crippen LogP contribution >= 0.6 is 0 Å². The van der Waals surface area contributed by atoms with Crippen molar-refractivity contribution in [1.29, 1.82) is 0 Å². The minimum Gasteiger partial charge on any atom is -0.478 e. The number of nitrogens with one attached hydrogen (secondary N) is 1. The standard InChI is InChI=1S/C18H19N3O4/c1-13-5-4-6-16(11-13)25-18(2,3)17(22)20-19-12-14-7-9-15(10-8-14)21(23)24/h4-12H,1-3H3,(H,20,22)/b19-12+. The van der Waals surface area contributed by atoms with E-state index in [1.54, 1.807) is 32.0 Å². The first kappa shape index (κ1) is 18.1. The van der Waals surface area contributed by atoms with Gasteiger partial charge in [0.15, 0.2) is 5.60 Å². The lowest BCUT2D eigenvalue weighted by Gasteiger charge is -2.24. The van der Waals surface area contributed by atoms with Crippen molar-refractivity contribution in [2.24, 2.45) is 5.10 Å². The van der Waals surface area contributed by atoms with Gasteiger partial charge in [0.1, 0.15) is 5.75 Å². The topological polar surface area (TPSA) is 93.8 Å². The summed E-state index contributed by atoms with van der Waals surface area (Å²) in [5.74, 6) is 0.187. The number of nitro benzene ring substituents is 1. The van der Waals surface area contributed by atoms with Gasteiger partial charge in [-0.1, -0.05) is 12.1 Å². The predicted octanol–water partition coefficient (Wildman–Crippen LogP) is 3.21. The van der Waals surface area contributed by atoms with Crippen molar-refractivity contribution >= 4 is 17.8 Å². The maximum atomic E-state index is 12.2. The zero-order valence-electron chi connectivity index (χ0n) is 14.2. The van der Waals surface area contributed by atoms with Gasteiger partial charge < -0.3 is 4.74 Å². The van der Waals surface area contributed by atoms with E-state index in [9.17, 15) is 14.9 Å². The van der Waals surface area contributed by atoms with Crippen LogP contribution in [-0.2, 0) is 4.79 Å². The average Bonchev–Trinajstić information content (AvgIpc) is 2.54. The van der Waals surface area contributed by atoms with Gasteiger partial charge >= 0.3 is 0 Å². The Labute approximate surface area is 145 Å². The molecule has 0 heterocycles. The zero-order chi connectivity index (χ0) is 18.4. The average molecular weight is 341 g/mol. The van der Waals surface area contributed by atoms with Gasteiger partial charge in [-0.15, -0.1) is 0 Å². The Balaban J connectivity index is 1.96. The molecule has 0 aliphatic heterocycles. The molecule has 0 fully saturated rings. The predicted molar refractivity (Wildman–Crippen MR) is 94.7 cm³/mol. The molecule has 0 radical (unpaired) electrons. The van der Waals surface area contributed by atoms with Crippen molar-refractivity contribution < 1.29 is 14.5 Å². The normalized spacial score (nSPS) is 11.3. The molecule has 7 nitrogen and oxygen atoms in total. The SMILES string of the molecule is Cc1cccc(OC(C)(C)C(=O)N/N=C/c2ccc([N+](=O)[O-])cc2)c1. The number of non-ortho nitro benzene ring substituents is 1. The Kier molecular flexibility index (Phi) is 5.49. The lowest BCUT2D eigenvalue weighted by Crippen LogP contribution is -2.44. The number of hydrogen-bond acceptors (Lipinski definition) is 5. The smallest absolute Gasteiger partial charge is 0.283 e. The van der Waals surface area contributed by atoms with Crippen molar-refractivity contribution in [1.82, 2.24) is 5.43 Å². The summed E-state index contributed by atoms with van der Waals surface area (Å²) in [5.41, 5.74) is 2.96. The van der Waals surface area contributed by atoms with Crippen LogP contribution in [0.3, 0.4) is 0 Å². The van der Waals surface area contributed by atoms with E-state index in [1.807, 2.05) is 25.1 Å². The van der Waals surface area contributed by atoms with Gasteiger partial charge in [-0.3, -0.25) is 14.9 Å². The monoisotopic (exact) mass is 341 g/mol. The number of amides is 1. The number of carbonyl (C=O) groups is 1. The number of rotatable bonds is 6. The number of aryl methyl sites for hydroxylation is 1. The number of ether oxygens (including phenoxy) is 1. The van der Waals surface area contributed by atoms with E-state index in [0.29, 0.717) is 11.3 Å². The molecular formula is C18H19N3O4. The highest BCUT2D eigenvalue weighted by Crippen LogP contribution is 2.19. The van der Waals surface area contributed by atoms with E-state index in [-0.39, 0.29) is 5.69 Å². The van der Waals surface area contributed by atoms with Gasteiger partial charge in [0, 0.05) is 12.1 Å². The van der Waals surface area contributed by atoms with Gasteiger partial charge in [-0.2, -0.15) is 5.10 Å². The van der Waals surface area contributed by atoms with Gasteiger partial charge in [0.05, 0.1) is 11.1 Å². The Bertz CT molecular complexity index is 798. The molecule has 7 heteroatoms. The largest absolute Gasteiger partial charge is 0.478 e. The molecule has 25 heavy (non-hydrogen) atoms. The first-order valence-electron chi connectivity index (χ1n) is 7.61. The molecule has 0 atom stereocenters. The summed E-state index contributed by atoms with van der Waals surface area (Å²) in [6.45, 7) is 5.23.